The maximum atomic E-state index is 12.3. The normalized spacial score (nSPS) is 11.0. The summed E-state index contributed by atoms with van der Waals surface area (Å²) < 4.78 is 3.33. The first kappa shape index (κ1) is 16.3. The average molecular weight is 367 g/mol. The largest absolute Gasteiger partial charge is 0.322 e. The smallest absolute Gasteiger partial charge is 0.246 e. The zero-order valence-electron chi connectivity index (χ0n) is 13.7. The Morgan fingerprint density at radius 2 is 1.92 bits per heavy atom. The third kappa shape index (κ3) is 3.57. The topological polar surface area (TPSA) is 77.6 Å². The van der Waals surface area contributed by atoms with Gasteiger partial charge in [-0.25, -0.2) is 4.68 Å². The molecule has 4 aromatic rings. The number of hydrogen-bond donors (Lipinski definition) is 1. The van der Waals surface area contributed by atoms with Crippen molar-refractivity contribution < 1.29 is 4.79 Å². The monoisotopic (exact) mass is 366 g/mol. The first-order chi connectivity index (χ1) is 12.7. The third-order valence-electron chi connectivity index (χ3n) is 3.89. The summed E-state index contributed by atoms with van der Waals surface area (Å²) >= 11 is 5.89. The standard InChI is InChI=1S/C18H15ClN6O/c19-14-7-5-13(6-8-14)10-24-11-15(9-20-24)21-18(26)12-25-17-4-2-1-3-16(17)22-23-25/h1-9,11H,10,12H2,(H,21,26). The number of para-hydroxylation sites is 1. The van der Waals surface area contributed by atoms with Crippen LogP contribution in [0.5, 0.6) is 0 Å². The highest BCUT2D eigenvalue weighted by Crippen LogP contribution is 2.13. The number of halogens is 1. The molecule has 0 bridgehead atoms. The van der Waals surface area contributed by atoms with Gasteiger partial charge in [0.2, 0.25) is 5.91 Å². The number of amides is 1. The van der Waals surface area contributed by atoms with Gasteiger partial charge in [-0.3, -0.25) is 9.48 Å². The van der Waals surface area contributed by atoms with E-state index >= 15 is 0 Å². The van der Waals surface area contributed by atoms with Crippen molar-refractivity contribution in [2.75, 3.05) is 5.32 Å². The SMILES string of the molecule is O=C(Cn1nnc2ccccc21)Nc1cnn(Cc2ccc(Cl)cc2)c1. The van der Waals surface area contributed by atoms with Crippen LogP contribution in [-0.4, -0.2) is 30.7 Å². The summed E-state index contributed by atoms with van der Waals surface area (Å²) in [5.41, 5.74) is 3.29. The Balaban J connectivity index is 1.40. The lowest BCUT2D eigenvalue weighted by Crippen LogP contribution is -2.19. The molecule has 2 heterocycles. The molecule has 4 rings (SSSR count). The van der Waals surface area contributed by atoms with Crippen molar-refractivity contribution in [3.63, 3.8) is 0 Å². The van der Waals surface area contributed by atoms with Gasteiger partial charge in [-0.15, -0.1) is 5.10 Å². The van der Waals surface area contributed by atoms with E-state index in [0.29, 0.717) is 17.3 Å². The summed E-state index contributed by atoms with van der Waals surface area (Å²) in [6, 6.07) is 15.1. The van der Waals surface area contributed by atoms with Crippen molar-refractivity contribution in [1.29, 1.82) is 0 Å². The number of carbonyl (C=O) groups excluding carboxylic acids is 1. The Bertz CT molecular complexity index is 1050. The number of rotatable bonds is 5. The predicted molar refractivity (Wildman–Crippen MR) is 98.9 cm³/mol. The number of nitrogens with zero attached hydrogens (tertiary/aromatic N) is 5. The van der Waals surface area contributed by atoms with E-state index in [9.17, 15) is 4.79 Å². The molecule has 0 aliphatic rings. The molecule has 0 unspecified atom stereocenters. The first-order valence-corrected chi connectivity index (χ1v) is 8.40. The fraction of sp³-hybridized carbons (Fsp3) is 0.111. The molecular formula is C18H15ClN6O. The summed E-state index contributed by atoms with van der Waals surface area (Å²) in [5, 5.41) is 15.9. The molecule has 0 spiro atoms. The maximum absolute atomic E-state index is 12.3. The Labute approximate surface area is 154 Å². The van der Waals surface area contributed by atoms with Crippen molar-refractivity contribution >= 4 is 34.2 Å². The minimum Gasteiger partial charge on any atom is -0.322 e. The van der Waals surface area contributed by atoms with Crippen molar-refractivity contribution in [2.45, 2.75) is 13.1 Å². The Hall–Kier alpha value is -3.19. The molecule has 1 amide bonds. The lowest BCUT2D eigenvalue weighted by atomic mass is 10.2. The molecule has 0 saturated heterocycles. The van der Waals surface area contributed by atoms with E-state index in [1.54, 1.807) is 21.8 Å². The summed E-state index contributed by atoms with van der Waals surface area (Å²) in [5.74, 6) is -0.188. The van der Waals surface area contributed by atoms with E-state index in [0.717, 1.165) is 16.6 Å². The predicted octanol–water partition coefficient (Wildman–Crippen LogP) is 2.97. The van der Waals surface area contributed by atoms with Gasteiger partial charge in [0.25, 0.3) is 0 Å². The van der Waals surface area contributed by atoms with Crippen molar-refractivity contribution in [1.82, 2.24) is 24.8 Å². The summed E-state index contributed by atoms with van der Waals surface area (Å²) in [6.07, 6.45) is 3.40. The average Bonchev–Trinajstić information content (AvgIpc) is 3.24. The van der Waals surface area contributed by atoms with Crippen LogP contribution in [-0.2, 0) is 17.9 Å². The fourth-order valence-corrected chi connectivity index (χ4v) is 2.79. The van der Waals surface area contributed by atoms with Gasteiger partial charge in [0, 0.05) is 11.2 Å². The second kappa shape index (κ2) is 6.97. The number of benzene rings is 2. The minimum atomic E-state index is -0.188. The molecule has 26 heavy (non-hydrogen) atoms. The van der Waals surface area contributed by atoms with Crippen LogP contribution in [0.25, 0.3) is 11.0 Å². The van der Waals surface area contributed by atoms with Crippen LogP contribution in [0.4, 0.5) is 5.69 Å². The number of fused-ring (bicyclic) bond motifs is 1. The number of aromatic nitrogens is 5. The first-order valence-electron chi connectivity index (χ1n) is 8.02. The molecule has 8 heteroatoms. The highest BCUT2D eigenvalue weighted by atomic mass is 35.5. The molecule has 1 N–H and O–H groups in total. The number of carbonyl (C=O) groups is 1. The van der Waals surface area contributed by atoms with Crippen molar-refractivity contribution in [3.05, 3.63) is 71.5 Å². The highest BCUT2D eigenvalue weighted by Gasteiger charge is 2.10. The van der Waals surface area contributed by atoms with Crippen molar-refractivity contribution in [2.24, 2.45) is 0 Å². The van der Waals surface area contributed by atoms with Gasteiger partial charge >= 0.3 is 0 Å². The third-order valence-corrected chi connectivity index (χ3v) is 4.14. The van der Waals surface area contributed by atoms with Gasteiger partial charge in [0.1, 0.15) is 12.1 Å². The quantitative estimate of drug-likeness (QED) is 0.589. The van der Waals surface area contributed by atoms with Crippen molar-refractivity contribution in [3.8, 4) is 0 Å². The molecule has 0 fully saturated rings. The van der Waals surface area contributed by atoms with Gasteiger partial charge in [0.15, 0.2) is 0 Å². The molecule has 0 atom stereocenters. The van der Waals surface area contributed by atoms with Gasteiger partial charge in [0.05, 0.1) is 23.9 Å². The molecule has 0 saturated carbocycles. The fourth-order valence-electron chi connectivity index (χ4n) is 2.66. The van der Waals surface area contributed by atoms with Crippen LogP contribution in [0.2, 0.25) is 5.02 Å². The summed E-state index contributed by atoms with van der Waals surface area (Å²) in [6.45, 7) is 0.684. The molecular weight excluding hydrogens is 352 g/mol. The molecule has 130 valence electrons. The number of hydrogen-bond acceptors (Lipinski definition) is 4. The van der Waals surface area contributed by atoms with Gasteiger partial charge < -0.3 is 5.32 Å². The molecule has 2 aromatic carbocycles. The van der Waals surface area contributed by atoms with E-state index in [1.807, 2.05) is 48.5 Å². The van der Waals surface area contributed by atoms with Crippen LogP contribution in [0.15, 0.2) is 60.9 Å². The van der Waals surface area contributed by atoms with Gasteiger partial charge in [-0.05, 0) is 29.8 Å². The lowest BCUT2D eigenvalue weighted by molar-refractivity contribution is -0.116. The van der Waals surface area contributed by atoms with E-state index in [2.05, 4.69) is 20.7 Å². The molecule has 0 radical (unpaired) electrons. The molecule has 0 aliphatic heterocycles. The number of nitrogens with one attached hydrogen (secondary N) is 1. The minimum absolute atomic E-state index is 0.0862. The van der Waals surface area contributed by atoms with E-state index in [4.69, 9.17) is 11.6 Å². The van der Waals surface area contributed by atoms with Gasteiger partial charge in [-0.1, -0.05) is 41.1 Å². The maximum Gasteiger partial charge on any atom is 0.246 e. The van der Waals surface area contributed by atoms with Crippen LogP contribution in [0.1, 0.15) is 5.56 Å². The van der Waals surface area contributed by atoms with Gasteiger partial charge in [-0.2, -0.15) is 5.10 Å². The lowest BCUT2D eigenvalue weighted by Gasteiger charge is -2.04. The molecule has 2 aromatic heterocycles. The zero-order valence-corrected chi connectivity index (χ0v) is 14.5. The highest BCUT2D eigenvalue weighted by molar-refractivity contribution is 6.30. The summed E-state index contributed by atoms with van der Waals surface area (Å²) in [7, 11) is 0. The number of anilines is 1. The van der Waals surface area contributed by atoms with Crippen LogP contribution in [0.3, 0.4) is 0 Å². The Kier molecular flexibility index (Phi) is 4.37. The Morgan fingerprint density at radius 1 is 1.12 bits per heavy atom. The van der Waals surface area contributed by atoms with E-state index in [1.165, 1.54) is 0 Å². The van der Waals surface area contributed by atoms with E-state index in [-0.39, 0.29) is 12.5 Å². The second-order valence-electron chi connectivity index (χ2n) is 5.84. The Morgan fingerprint density at radius 3 is 2.77 bits per heavy atom. The molecule has 7 nitrogen and oxygen atoms in total. The van der Waals surface area contributed by atoms with E-state index < -0.39 is 0 Å². The zero-order chi connectivity index (χ0) is 17.9. The second-order valence-corrected chi connectivity index (χ2v) is 6.27. The van der Waals surface area contributed by atoms with Crippen LogP contribution >= 0.6 is 11.6 Å². The molecule has 0 aliphatic carbocycles. The van der Waals surface area contributed by atoms with Crippen LogP contribution in [0, 0.1) is 0 Å². The summed E-state index contributed by atoms with van der Waals surface area (Å²) in [4.78, 5) is 12.3. The van der Waals surface area contributed by atoms with Crippen LogP contribution < -0.4 is 5.32 Å².